The van der Waals surface area contributed by atoms with Gasteiger partial charge in [0.15, 0.2) is 0 Å². The summed E-state index contributed by atoms with van der Waals surface area (Å²) in [6.07, 6.45) is 4.59. The Hall–Kier alpha value is -1.53. The van der Waals surface area contributed by atoms with Crippen molar-refractivity contribution in [3.8, 4) is 0 Å². The SMILES string of the molecule is CCC1(CC)C(c2ccc(Cl)cc2)=Cc2ccccc21. The zero-order chi connectivity index (χ0) is 14.2. The molecule has 0 radical (unpaired) electrons. The maximum atomic E-state index is 6.03. The van der Waals surface area contributed by atoms with Crippen LogP contribution in [0.4, 0.5) is 0 Å². The summed E-state index contributed by atoms with van der Waals surface area (Å²) < 4.78 is 0. The summed E-state index contributed by atoms with van der Waals surface area (Å²) in [5.74, 6) is 0. The van der Waals surface area contributed by atoms with Crippen molar-refractivity contribution in [1.29, 1.82) is 0 Å². The van der Waals surface area contributed by atoms with Crippen LogP contribution in [-0.4, -0.2) is 0 Å². The van der Waals surface area contributed by atoms with Gasteiger partial charge in [-0.1, -0.05) is 61.8 Å². The Morgan fingerprint density at radius 2 is 1.55 bits per heavy atom. The molecule has 0 aromatic heterocycles. The van der Waals surface area contributed by atoms with Crippen molar-refractivity contribution in [2.24, 2.45) is 0 Å². The first-order valence-electron chi connectivity index (χ1n) is 7.29. The van der Waals surface area contributed by atoms with E-state index in [9.17, 15) is 0 Å². The Balaban J connectivity index is 2.18. The molecule has 0 amide bonds. The molecular formula is C19H19Cl. The van der Waals surface area contributed by atoms with E-state index in [0.717, 1.165) is 17.9 Å². The first-order chi connectivity index (χ1) is 9.71. The van der Waals surface area contributed by atoms with E-state index in [2.05, 4.69) is 56.3 Å². The molecule has 2 aromatic carbocycles. The summed E-state index contributed by atoms with van der Waals surface area (Å²) in [4.78, 5) is 0. The highest BCUT2D eigenvalue weighted by molar-refractivity contribution is 6.30. The van der Waals surface area contributed by atoms with Gasteiger partial charge in [0.25, 0.3) is 0 Å². The average Bonchev–Trinajstić information content (AvgIpc) is 2.83. The molecule has 1 aliphatic rings. The first-order valence-corrected chi connectivity index (χ1v) is 7.66. The minimum Gasteiger partial charge on any atom is -0.0843 e. The van der Waals surface area contributed by atoms with Gasteiger partial charge < -0.3 is 0 Å². The number of rotatable bonds is 3. The van der Waals surface area contributed by atoms with Crippen molar-refractivity contribution >= 4 is 23.3 Å². The third-order valence-corrected chi connectivity index (χ3v) is 4.91. The molecule has 0 aliphatic heterocycles. The van der Waals surface area contributed by atoms with E-state index in [1.165, 1.54) is 22.3 Å². The number of halogens is 1. The second-order valence-electron chi connectivity index (χ2n) is 5.44. The minimum atomic E-state index is 0.143. The fraction of sp³-hybridized carbons (Fsp3) is 0.263. The standard InChI is InChI=1S/C19H19Cl/c1-3-19(4-2)17-8-6-5-7-15(17)13-18(19)14-9-11-16(20)12-10-14/h5-13H,3-4H2,1-2H3. The maximum Gasteiger partial charge on any atom is 0.0406 e. The predicted molar refractivity (Wildman–Crippen MR) is 88.0 cm³/mol. The molecule has 0 atom stereocenters. The summed E-state index contributed by atoms with van der Waals surface area (Å²) in [5, 5.41) is 0.795. The lowest BCUT2D eigenvalue weighted by atomic mass is 9.71. The van der Waals surface area contributed by atoms with Gasteiger partial charge in [-0.05, 0) is 53.3 Å². The lowest BCUT2D eigenvalue weighted by Crippen LogP contribution is -2.23. The van der Waals surface area contributed by atoms with Crippen LogP contribution < -0.4 is 0 Å². The van der Waals surface area contributed by atoms with Crippen molar-refractivity contribution in [2.75, 3.05) is 0 Å². The van der Waals surface area contributed by atoms with Gasteiger partial charge in [0.1, 0.15) is 0 Å². The van der Waals surface area contributed by atoms with Crippen molar-refractivity contribution in [2.45, 2.75) is 32.1 Å². The lowest BCUT2D eigenvalue weighted by Gasteiger charge is -2.32. The maximum absolute atomic E-state index is 6.03. The predicted octanol–water partition coefficient (Wildman–Crippen LogP) is 5.95. The van der Waals surface area contributed by atoms with Gasteiger partial charge in [-0.25, -0.2) is 0 Å². The molecule has 0 saturated heterocycles. The monoisotopic (exact) mass is 282 g/mol. The highest BCUT2D eigenvalue weighted by Gasteiger charge is 2.38. The van der Waals surface area contributed by atoms with Gasteiger partial charge in [0.2, 0.25) is 0 Å². The Morgan fingerprint density at radius 3 is 2.20 bits per heavy atom. The molecule has 0 fully saturated rings. The third kappa shape index (κ3) is 1.91. The van der Waals surface area contributed by atoms with E-state index in [1.807, 2.05) is 12.1 Å². The number of fused-ring (bicyclic) bond motifs is 1. The zero-order valence-corrected chi connectivity index (χ0v) is 12.7. The summed E-state index contributed by atoms with van der Waals surface area (Å²) in [6.45, 7) is 4.57. The smallest absolute Gasteiger partial charge is 0.0406 e. The Kier molecular flexibility index (Phi) is 3.43. The average molecular weight is 283 g/mol. The van der Waals surface area contributed by atoms with Crippen LogP contribution in [-0.2, 0) is 5.41 Å². The lowest BCUT2D eigenvalue weighted by molar-refractivity contribution is 0.522. The van der Waals surface area contributed by atoms with Gasteiger partial charge >= 0.3 is 0 Å². The van der Waals surface area contributed by atoms with Crippen molar-refractivity contribution in [1.82, 2.24) is 0 Å². The normalized spacial score (nSPS) is 15.8. The molecule has 2 aromatic rings. The van der Waals surface area contributed by atoms with Crippen molar-refractivity contribution in [3.63, 3.8) is 0 Å². The van der Waals surface area contributed by atoms with Crippen molar-refractivity contribution in [3.05, 3.63) is 70.2 Å². The third-order valence-electron chi connectivity index (χ3n) is 4.65. The molecule has 0 heterocycles. The molecule has 0 unspecified atom stereocenters. The second-order valence-corrected chi connectivity index (χ2v) is 5.88. The number of benzene rings is 2. The minimum absolute atomic E-state index is 0.143. The van der Waals surface area contributed by atoms with Crippen LogP contribution in [0.3, 0.4) is 0 Å². The fourth-order valence-corrected chi connectivity index (χ4v) is 3.62. The van der Waals surface area contributed by atoms with Gasteiger partial charge in [-0.3, -0.25) is 0 Å². The Bertz CT molecular complexity index is 646. The van der Waals surface area contributed by atoms with Crippen LogP contribution in [0.1, 0.15) is 43.4 Å². The molecule has 0 N–H and O–H groups in total. The van der Waals surface area contributed by atoms with Crippen LogP contribution in [0.25, 0.3) is 11.6 Å². The molecule has 0 nitrogen and oxygen atoms in total. The van der Waals surface area contributed by atoms with Gasteiger partial charge in [-0.2, -0.15) is 0 Å². The first kappa shape index (κ1) is 13.5. The molecule has 0 spiro atoms. The molecule has 0 bridgehead atoms. The summed E-state index contributed by atoms with van der Waals surface area (Å²) >= 11 is 6.03. The Morgan fingerprint density at radius 1 is 0.900 bits per heavy atom. The topological polar surface area (TPSA) is 0 Å². The van der Waals surface area contributed by atoms with E-state index in [4.69, 9.17) is 11.6 Å². The summed E-state index contributed by atoms with van der Waals surface area (Å²) in [6, 6.07) is 17.0. The van der Waals surface area contributed by atoms with Crippen LogP contribution in [0.5, 0.6) is 0 Å². The van der Waals surface area contributed by atoms with Gasteiger partial charge in [0.05, 0.1) is 0 Å². The highest BCUT2D eigenvalue weighted by atomic mass is 35.5. The number of hydrogen-bond acceptors (Lipinski definition) is 0. The van der Waals surface area contributed by atoms with E-state index < -0.39 is 0 Å². The second kappa shape index (κ2) is 5.10. The van der Waals surface area contributed by atoms with Crippen LogP contribution in [0, 0.1) is 0 Å². The quantitative estimate of drug-likeness (QED) is 0.652. The molecule has 3 rings (SSSR count). The molecule has 102 valence electrons. The van der Waals surface area contributed by atoms with Gasteiger partial charge in [-0.15, -0.1) is 0 Å². The van der Waals surface area contributed by atoms with E-state index in [0.29, 0.717) is 0 Å². The molecule has 1 aliphatic carbocycles. The van der Waals surface area contributed by atoms with E-state index in [-0.39, 0.29) is 5.41 Å². The van der Waals surface area contributed by atoms with E-state index >= 15 is 0 Å². The van der Waals surface area contributed by atoms with Gasteiger partial charge in [0, 0.05) is 10.4 Å². The van der Waals surface area contributed by atoms with Crippen LogP contribution in [0.15, 0.2) is 48.5 Å². The van der Waals surface area contributed by atoms with Crippen molar-refractivity contribution < 1.29 is 0 Å². The summed E-state index contributed by atoms with van der Waals surface area (Å²) in [5.41, 5.74) is 5.69. The highest BCUT2D eigenvalue weighted by Crippen LogP contribution is 2.51. The fourth-order valence-electron chi connectivity index (χ4n) is 3.50. The molecule has 1 heteroatoms. The van der Waals surface area contributed by atoms with Crippen LogP contribution in [0.2, 0.25) is 5.02 Å². The molecule has 20 heavy (non-hydrogen) atoms. The summed E-state index contributed by atoms with van der Waals surface area (Å²) in [7, 11) is 0. The Labute approximate surface area is 126 Å². The number of hydrogen-bond donors (Lipinski definition) is 0. The largest absolute Gasteiger partial charge is 0.0843 e. The zero-order valence-electron chi connectivity index (χ0n) is 12.0. The molecule has 0 saturated carbocycles. The van der Waals surface area contributed by atoms with E-state index in [1.54, 1.807) is 0 Å². The molecular weight excluding hydrogens is 264 g/mol. The number of allylic oxidation sites excluding steroid dienone is 1. The van der Waals surface area contributed by atoms with Crippen LogP contribution >= 0.6 is 11.6 Å².